The number of halogens is 1. The molecule has 0 fully saturated rings. The second-order valence-electron chi connectivity index (χ2n) is 5.18. The van der Waals surface area contributed by atoms with Gasteiger partial charge in [-0.05, 0) is 38.4 Å². The highest BCUT2D eigenvalue weighted by Gasteiger charge is 2.24. The molecule has 1 aromatic rings. The van der Waals surface area contributed by atoms with Gasteiger partial charge in [0.2, 0.25) is 0 Å². The van der Waals surface area contributed by atoms with Gasteiger partial charge in [0.1, 0.15) is 12.4 Å². The fourth-order valence-corrected chi connectivity index (χ4v) is 2.41. The van der Waals surface area contributed by atoms with Crippen LogP contribution in [0.4, 0.5) is 0 Å². The molecular weight excluding hydrogens is 318 g/mol. The lowest BCUT2D eigenvalue weighted by atomic mass is 9.99. The van der Waals surface area contributed by atoms with E-state index in [1.165, 1.54) is 0 Å². The van der Waals surface area contributed by atoms with Crippen LogP contribution in [-0.4, -0.2) is 23.9 Å². The van der Waals surface area contributed by atoms with E-state index in [4.69, 9.17) is 4.74 Å². The van der Waals surface area contributed by atoms with Gasteiger partial charge in [0.05, 0.1) is 5.60 Å². The van der Waals surface area contributed by atoms with Crippen LogP contribution in [0.25, 0.3) is 0 Å². The highest BCUT2D eigenvalue weighted by molar-refractivity contribution is 9.10. The average Bonchev–Trinajstić information content (AvgIpc) is 2.45. The van der Waals surface area contributed by atoms with Crippen LogP contribution in [0, 0.1) is 0 Å². The Morgan fingerprint density at radius 2 is 1.95 bits per heavy atom. The summed E-state index contributed by atoms with van der Waals surface area (Å²) < 4.78 is 6.90. The van der Waals surface area contributed by atoms with Crippen molar-refractivity contribution in [2.24, 2.45) is 0 Å². The van der Waals surface area contributed by atoms with Crippen molar-refractivity contribution in [1.82, 2.24) is 5.32 Å². The van der Waals surface area contributed by atoms with Gasteiger partial charge in [0, 0.05) is 16.1 Å². The standard InChI is InChI=1S/C16H26BrNO2/c1-5-16(19,6-2)11-20-15-10-13(17)8-9-14(15)12(4)18-7-3/h8-10,12,18-19H,5-7,11H2,1-4H3. The first-order valence-corrected chi connectivity index (χ1v) is 8.13. The molecule has 0 saturated carbocycles. The van der Waals surface area contributed by atoms with Crippen molar-refractivity contribution in [2.45, 2.75) is 52.2 Å². The van der Waals surface area contributed by atoms with Crippen LogP contribution >= 0.6 is 15.9 Å². The third-order valence-electron chi connectivity index (χ3n) is 3.77. The largest absolute Gasteiger partial charge is 0.490 e. The van der Waals surface area contributed by atoms with E-state index in [-0.39, 0.29) is 6.04 Å². The first-order valence-electron chi connectivity index (χ1n) is 7.33. The predicted molar refractivity (Wildman–Crippen MR) is 87.3 cm³/mol. The van der Waals surface area contributed by atoms with E-state index in [2.05, 4.69) is 41.2 Å². The fourth-order valence-electron chi connectivity index (χ4n) is 2.07. The van der Waals surface area contributed by atoms with Crippen LogP contribution in [0.3, 0.4) is 0 Å². The van der Waals surface area contributed by atoms with Gasteiger partial charge in [-0.1, -0.05) is 42.8 Å². The first kappa shape index (κ1) is 17.5. The zero-order valence-electron chi connectivity index (χ0n) is 12.9. The molecule has 0 saturated heterocycles. The van der Waals surface area contributed by atoms with Gasteiger partial charge in [0.25, 0.3) is 0 Å². The van der Waals surface area contributed by atoms with Crippen molar-refractivity contribution in [3.63, 3.8) is 0 Å². The maximum absolute atomic E-state index is 10.3. The Bertz CT molecular complexity index is 419. The highest BCUT2D eigenvalue weighted by Crippen LogP contribution is 2.30. The second kappa shape index (κ2) is 8.01. The number of hydrogen-bond acceptors (Lipinski definition) is 3. The van der Waals surface area contributed by atoms with E-state index < -0.39 is 5.60 Å². The van der Waals surface area contributed by atoms with Gasteiger partial charge >= 0.3 is 0 Å². The molecule has 0 spiro atoms. The third kappa shape index (κ3) is 4.76. The van der Waals surface area contributed by atoms with E-state index >= 15 is 0 Å². The van der Waals surface area contributed by atoms with Gasteiger partial charge < -0.3 is 15.2 Å². The van der Waals surface area contributed by atoms with Crippen molar-refractivity contribution in [2.75, 3.05) is 13.2 Å². The quantitative estimate of drug-likeness (QED) is 0.748. The van der Waals surface area contributed by atoms with Gasteiger partial charge in [0.15, 0.2) is 0 Å². The summed E-state index contributed by atoms with van der Waals surface area (Å²) in [5, 5.41) is 13.7. The minimum Gasteiger partial charge on any atom is -0.490 e. The molecule has 0 bridgehead atoms. The van der Waals surface area contributed by atoms with E-state index in [0.717, 1.165) is 22.3 Å². The summed E-state index contributed by atoms with van der Waals surface area (Å²) in [6, 6.07) is 6.26. The smallest absolute Gasteiger partial charge is 0.125 e. The molecule has 2 N–H and O–H groups in total. The van der Waals surface area contributed by atoms with Crippen LogP contribution in [0.15, 0.2) is 22.7 Å². The molecule has 0 aliphatic rings. The van der Waals surface area contributed by atoms with Crippen molar-refractivity contribution in [3.05, 3.63) is 28.2 Å². The van der Waals surface area contributed by atoms with Crippen molar-refractivity contribution >= 4 is 15.9 Å². The minimum atomic E-state index is -0.749. The zero-order valence-corrected chi connectivity index (χ0v) is 14.5. The molecule has 114 valence electrons. The molecule has 0 heterocycles. The van der Waals surface area contributed by atoms with Crippen LogP contribution in [0.1, 0.15) is 52.1 Å². The number of nitrogens with one attached hydrogen (secondary N) is 1. The molecule has 0 aliphatic carbocycles. The Kier molecular flexibility index (Phi) is 7.00. The number of aliphatic hydroxyl groups is 1. The molecule has 0 aliphatic heterocycles. The SMILES string of the molecule is CCNC(C)c1ccc(Br)cc1OCC(O)(CC)CC. The van der Waals surface area contributed by atoms with Crippen molar-refractivity contribution in [1.29, 1.82) is 0 Å². The second-order valence-corrected chi connectivity index (χ2v) is 6.10. The summed E-state index contributed by atoms with van der Waals surface area (Å²) in [5.41, 5.74) is 0.366. The molecular formula is C16H26BrNO2. The van der Waals surface area contributed by atoms with Crippen LogP contribution in [0.5, 0.6) is 5.75 Å². The molecule has 0 aromatic heterocycles. The fraction of sp³-hybridized carbons (Fsp3) is 0.625. The monoisotopic (exact) mass is 343 g/mol. The Morgan fingerprint density at radius 3 is 2.50 bits per heavy atom. The molecule has 1 aromatic carbocycles. The molecule has 3 nitrogen and oxygen atoms in total. The summed E-state index contributed by atoms with van der Waals surface area (Å²) in [6.45, 7) is 9.40. The lowest BCUT2D eigenvalue weighted by molar-refractivity contribution is -0.0117. The van der Waals surface area contributed by atoms with Crippen LogP contribution < -0.4 is 10.1 Å². The predicted octanol–water partition coefficient (Wildman–Crippen LogP) is 4.05. The molecule has 20 heavy (non-hydrogen) atoms. The van der Waals surface area contributed by atoms with Crippen LogP contribution in [0.2, 0.25) is 0 Å². The average molecular weight is 344 g/mol. The normalized spacial score (nSPS) is 13.3. The van der Waals surface area contributed by atoms with Crippen molar-refractivity contribution in [3.8, 4) is 5.75 Å². The number of rotatable bonds is 8. The maximum atomic E-state index is 10.3. The summed E-state index contributed by atoms with van der Waals surface area (Å²) in [4.78, 5) is 0. The third-order valence-corrected chi connectivity index (χ3v) is 4.26. The number of benzene rings is 1. The number of hydrogen-bond donors (Lipinski definition) is 2. The topological polar surface area (TPSA) is 41.5 Å². The molecule has 1 atom stereocenters. The Hall–Kier alpha value is -0.580. The summed E-state index contributed by atoms with van der Waals surface area (Å²) in [7, 11) is 0. The van der Waals surface area contributed by atoms with E-state index in [9.17, 15) is 5.11 Å². The maximum Gasteiger partial charge on any atom is 0.125 e. The molecule has 4 heteroatoms. The van der Waals surface area contributed by atoms with E-state index in [1.807, 2.05) is 26.0 Å². The zero-order chi connectivity index (χ0) is 15.2. The van der Waals surface area contributed by atoms with Crippen LogP contribution in [-0.2, 0) is 0 Å². The first-order chi connectivity index (χ1) is 9.45. The van der Waals surface area contributed by atoms with Gasteiger partial charge in [-0.15, -0.1) is 0 Å². The van der Waals surface area contributed by atoms with Gasteiger partial charge in [-0.3, -0.25) is 0 Å². The molecule has 1 unspecified atom stereocenters. The summed E-state index contributed by atoms with van der Waals surface area (Å²) >= 11 is 3.48. The van der Waals surface area contributed by atoms with E-state index in [1.54, 1.807) is 0 Å². The van der Waals surface area contributed by atoms with Crippen molar-refractivity contribution < 1.29 is 9.84 Å². The molecule has 0 amide bonds. The van der Waals surface area contributed by atoms with Gasteiger partial charge in [-0.2, -0.15) is 0 Å². The van der Waals surface area contributed by atoms with Gasteiger partial charge in [-0.25, -0.2) is 0 Å². The lowest BCUT2D eigenvalue weighted by Gasteiger charge is -2.26. The Morgan fingerprint density at radius 1 is 1.30 bits per heavy atom. The number of ether oxygens (including phenoxy) is 1. The Balaban J connectivity index is 2.90. The summed E-state index contributed by atoms with van der Waals surface area (Å²) in [6.07, 6.45) is 1.38. The molecule has 0 radical (unpaired) electrons. The Labute approximate surface area is 130 Å². The van der Waals surface area contributed by atoms with E-state index in [0.29, 0.717) is 19.4 Å². The lowest BCUT2D eigenvalue weighted by Crippen LogP contribution is -2.34. The minimum absolute atomic E-state index is 0.222. The molecule has 1 rings (SSSR count). The summed E-state index contributed by atoms with van der Waals surface area (Å²) in [5.74, 6) is 0.827. The highest BCUT2D eigenvalue weighted by atomic mass is 79.9.